The molecule has 114 valence electrons. The molecule has 0 bridgehead atoms. The van der Waals surface area contributed by atoms with Crippen molar-refractivity contribution in [1.82, 2.24) is 10.3 Å². The first-order valence-electron chi connectivity index (χ1n) is 6.96. The van der Waals surface area contributed by atoms with Gasteiger partial charge in [-0.15, -0.1) is 11.3 Å². The van der Waals surface area contributed by atoms with Crippen LogP contribution in [0.4, 0.5) is 4.39 Å². The van der Waals surface area contributed by atoms with Crippen molar-refractivity contribution in [3.8, 4) is 0 Å². The molecule has 0 aliphatic carbocycles. The van der Waals surface area contributed by atoms with Crippen molar-refractivity contribution < 1.29 is 9.50 Å². The van der Waals surface area contributed by atoms with Crippen molar-refractivity contribution in [2.75, 3.05) is 6.54 Å². The number of hydrogen-bond donors (Lipinski definition) is 2. The van der Waals surface area contributed by atoms with Crippen LogP contribution in [0.15, 0.2) is 29.6 Å². The molecule has 5 heteroatoms. The van der Waals surface area contributed by atoms with E-state index in [2.05, 4.69) is 31.1 Å². The van der Waals surface area contributed by atoms with E-state index in [-0.39, 0.29) is 11.2 Å². The summed E-state index contributed by atoms with van der Waals surface area (Å²) >= 11 is 1.64. The van der Waals surface area contributed by atoms with E-state index in [0.717, 1.165) is 10.7 Å². The zero-order chi connectivity index (χ0) is 15.5. The van der Waals surface area contributed by atoms with Crippen molar-refractivity contribution in [2.24, 2.45) is 0 Å². The number of rotatable bonds is 5. The Morgan fingerprint density at radius 2 is 2.05 bits per heavy atom. The fourth-order valence-corrected chi connectivity index (χ4v) is 2.83. The van der Waals surface area contributed by atoms with Crippen molar-refractivity contribution >= 4 is 11.3 Å². The van der Waals surface area contributed by atoms with Gasteiger partial charge in [0.25, 0.3) is 0 Å². The Morgan fingerprint density at radius 1 is 1.33 bits per heavy atom. The molecular weight excluding hydrogens is 287 g/mol. The molecule has 1 aromatic heterocycles. The fourth-order valence-electron chi connectivity index (χ4n) is 1.92. The molecule has 2 aromatic rings. The molecule has 0 aliphatic rings. The third-order valence-electron chi connectivity index (χ3n) is 3.10. The molecule has 0 radical (unpaired) electrons. The predicted molar refractivity (Wildman–Crippen MR) is 83.9 cm³/mol. The normalized spacial score (nSPS) is 13.4. The smallest absolute Gasteiger partial charge is 0.129 e. The first kappa shape index (κ1) is 16.1. The Labute approximate surface area is 128 Å². The van der Waals surface area contributed by atoms with Crippen molar-refractivity contribution in [3.63, 3.8) is 0 Å². The minimum Gasteiger partial charge on any atom is -0.387 e. The maximum absolute atomic E-state index is 13.5. The van der Waals surface area contributed by atoms with E-state index in [4.69, 9.17) is 0 Å². The maximum Gasteiger partial charge on any atom is 0.129 e. The van der Waals surface area contributed by atoms with E-state index in [9.17, 15) is 9.50 Å². The van der Waals surface area contributed by atoms with Gasteiger partial charge >= 0.3 is 0 Å². The molecular formula is C16H21FN2OS. The maximum atomic E-state index is 13.5. The number of aromatic nitrogens is 1. The third kappa shape index (κ3) is 4.33. The first-order chi connectivity index (χ1) is 9.88. The minimum absolute atomic E-state index is 0.0512. The van der Waals surface area contributed by atoms with Gasteiger partial charge in [0.05, 0.1) is 16.8 Å². The Morgan fingerprint density at radius 3 is 2.67 bits per heavy atom. The number of thiazole rings is 1. The summed E-state index contributed by atoms with van der Waals surface area (Å²) in [7, 11) is 0. The number of nitrogens with zero attached hydrogens (tertiary/aromatic N) is 1. The van der Waals surface area contributed by atoms with Gasteiger partial charge in [-0.2, -0.15) is 0 Å². The van der Waals surface area contributed by atoms with Crippen molar-refractivity contribution in [3.05, 3.63) is 51.7 Å². The molecule has 3 nitrogen and oxygen atoms in total. The van der Waals surface area contributed by atoms with Gasteiger partial charge in [0.2, 0.25) is 0 Å². The highest BCUT2D eigenvalue weighted by Crippen LogP contribution is 2.25. The summed E-state index contributed by atoms with van der Waals surface area (Å²) < 4.78 is 13.5. The third-order valence-corrected chi connectivity index (χ3v) is 4.42. The summed E-state index contributed by atoms with van der Waals surface area (Å²) in [6, 6.07) is 6.29. The van der Waals surface area contributed by atoms with Gasteiger partial charge in [-0.1, -0.05) is 39.0 Å². The van der Waals surface area contributed by atoms with Crippen LogP contribution in [0, 0.1) is 5.82 Å². The van der Waals surface area contributed by atoms with Crippen LogP contribution in [0.3, 0.4) is 0 Å². The van der Waals surface area contributed by atoms with Crippen LogP contribution >= 0.6 is 11.3 Å². The molecule has 1 aromatic carbocycles. The number of halogens is 1. The monoisotopic (exact) mass is 308 g/mol. The number of aliphatic hydroxyl groups is 1. The van der Waals surface area contributed by atoms with E-state index in [1.54, 1.807) is 29.5 Å². The molecule has 0 saturated carbocycles. The topological polar surface area (TPSA) is 45.2 Å². The molecule has 2 rings (SSSR count). The van der Waals surface area contributed by atoms with Gasteiger partial charge < -0.3 is 10.4 Å². The van der Waals surface area contributed by atoms with Gasteiger partial charge in [-0.05, 0) is 6.07 Å². The largest absolute Gasteiger partial charge is 0.387 e. The quantitative estimate of drug-likeness (QED) is 0.890. The summed E-state index contributed by atoms with van der Waals surface area (Å²) in [5.41, 5.74) is 1.32. The molecule has 2 N–H and O–H groups in total. The minimum atomic E-state index is -0.855. The van der Waals surface area contributed by atoms with E-state index in [1.807, 2.05) is 5.38 Å². The van der Waals surface area contributed by atoms with Crippen LogP contribution in [-0.2, 0) is 12.0 Å². The number of hydrogen-bond acceptors (Lipinski definition) is 4. The number of nitrogens with one attached hydrogen (secondary N) is 1. The molecule has 0 spiro atoms. The fraction of sp³-hybridized carbons (Fsp3) is 0.438. The summed E-state index contributed by atoms with van der Waals surface area (Å²) in [4.78, 5) is 4.57. The lowest BCUT2D eigenvalue weighted by atomic mass is 9.98. The lowest BCUT2D eigenvalue weighted by Crippen LogP contribution is -2.22. The van der Waals surface area contributed by atoms with E-state index >= 15 is 0 Å². The first-order valence-corrected chi connectivity index (χ1v) is 7.84. The SMILES string of the molecule is CC(C)(C)c1nc(CNCC(O)c2ccccc2F)cs1. The van der Waals surface area contributed by atoms with Crippen LogP contribution in [0.5, 0.6) is 0 Å². The Kier molecular flexibility index (Phi) is 5.08. The van der Waals surface area contributed by atoms with Crippen LogP contribution < -0.4 is 5.32 Å². The molecule has 0 aliphatic heterocycles. The highest BCUT2D eigenvalue weighted by molar-refractivity contribution is 7.09. The number of aliphatic hydroxyl groups excluding tert-OH is 1. The predicted octanol–water partition coefficient (Wildman–Crippen LogP) is 3.40. The van der Waals surface area contributed by atoms with Gasteiger partial charge in [-0.25, -0.2) is 9.37 Å². The van der Waals surface area contributed by atoms with Gasteiger partial charge in [0.15, 0.2) is 0 Å². The average molecular weight is 308 g/mol. The lowest BCUT2D eigenvalue weighted by Gasteiger charge is -2.14. The van der Waals surface area contributed by atoms with E-state index in [0.29, 0.717) is 18.7 Å². The lowest BCUT2D eigenvalue weighted by molar-refractivity contribution is 0.169. The van der Waals surface area contributed by atoms with Crippen LogP contribution in [-0.4, -0.2) is 16.6 Å². The van der Waals surface area contributed by atoms with E-state index < -0.39 is 6.10 Å². The second-order valence-electron chi connectivity index (χ2n) is 6.06. The summed E-state index contributed by atoms with van der Waals surface area (Å²) in [5, 5.41) is 16.2. The zero-order valence-corrected chi connectivity index (χ0v) is 13.4. The van der Waals surface area contributed by atoms with Crippen LogP contribution in [0.25, 0.3) is 0 Å². The summed E-state index contributed by atoms with van der Waals surface area (Å²) in [5.74, 6) is -0.379. The Balaban J connectivity index is 1.87. The van der Waals surface area contributed by atoms with Gasteiger partial charge in [-0.3, -0.25) is 0 Å². The second kappa shape index (κ2) is 6.64. The second-order valence-corrected chi connectivity index (χ2v) is 6.92. The molecule has 21 heavy (non-hydrogen) atoms. The zero-order valence-electron chi connectivity index (χ0n) is 12.6. The molecule has 0 fully saturated rings. The van der Waals surface area contributed by atoms with Gasteiger partial charge in [0, 0.05) is 29.4 Å². The highest BCUT2D eigenvalue weighted by Gasteiger charge is 2.18. The van der Waals surface area contributed by atoms with Crippen molar-refractivity contribution in [2.45, 2.75) is 38.8 Å². The van der Waals surface area contributed by atoms with E-state index in [1.165, 1.54) is 6.07 Å². The highest BCUT2D eigenvalue weighted by atomic mass is 32.1. The molecule has 1 atom stereocenters. The van der Waals surface area contributed by atoms with Gasteiger partial charge in [0.1, 0.15) is 5.82 Å². The Hall–Kier alpha value is -1.30. The average Bonchev–Trinajstić information content (AvgIpc) is 2.88. The number of benzene rings is 1. The summed E-state index contributed by atoms with van der Waals surface area (Å²) in [6.45, 7) is 7.25. The van der Waals surface area contributed by atoms with Crippen LogP contribution in [0.2, 0.25) is 0 Å². The van der Waals surface area contributed by atoms with Crippen LogP contribution in [0.1, 0.15) is 43.1 Å². The molecule has 0 amide bonds. The summed E-state index contributed by atoms with van der Waals surface area (Å²) in [6.07, 6.45) is -0.855. The molecule has 0 saturated heterocycles. The standard InChI is InChI=1S/C16H21FN2OS/c1-16(2,3)15-19-11(10-21-15)8-18-9-14(20)12-6-4-5-7-13(12)17/h4-7,10,14,18,20H,8-9H2,1-3H3. The van der Waals surface area contributed by atoms with Crippen molar-refractivity contribution in [1.29, 1.82) is 0 Å². The Bertz CT molecular complexity index is 592. The molecule has 1 unspecified atom stereocenters. The molecule has 1 heterocycles.